The van der Waals surface area contributed by atoms with Gasteiger partial charge in [-0.15, -0.1) is 0 Å². The summed E-state index contributed by atoms with van der Waals surface area (Å²) in [5.74, 6) is 1.33. The van der Waals surface area contributed by atoms with Crippen molar-refractivity contribution in [2.75, 3.05) is 29.9 Å². The number of H-pyrrole nitrogens is 1. The molecule has 1 aliphatic heterocycles. The molecule has 1 amide bonds. The van der Waals surface area contributed by atoms with Crippen molar-refractivity contribution >= 4 is 40.7 Å². The number of nitrogens with zero attached hydrogens (tertiary/aromatic N) is 5. The minimum Gasteiger partial charge on any atom is -0.368 e. The standard InChI is InChI=1S/C22H22N8O4/c31-18(23-9-3-10-24-20-15-4-1-2-5-16(15)21(32)28-27-20)6-7-19-26-22(29-34-19)30-11-8-17-14(13-30)12-25-33-17/h1-2,4-5,8,12-13H,3,6-7,9-11H2,(H,23,31)(H,24,27)(H,28,32). The van der Waals surface area contributed by atoms with Crippen molar-refractivity contribution in [2.24, 2.45) is 0 Å². The van der Waals surface area contributed by atoms with Crippen molar-refractivity contribution in [2.45, 2.75) is 19.3 Å². The Labute approximate surface area is 192 Å². The number of amides is 1. The highest BCUT2D eigenvalue weighted by Crippen LogP contribution is 2.16. The second-order valence-corrected chi connectivity index (χ2v) is 7.70. The van der Waals surface area contributed by atoms with Gasteiger partial charge in [0.1, 0.15) is 0 Å². The molecular weight excluding hydrogens is 440 g/mol. The number of rotatable bonds is 9. The molecule has 0 spiro atoms. The van der Waals surface area contributed by atoms with Crippen LogP contribution in [0.3, 0.4) is 0 Å². The zero-order valence-electron chi connectivity index (χ0n) is 18.2. The van der Waals surface area contributed by atoms with E-state index in [4.69, 9.17) is 9.05 Å². The number of aromatic nitrogens is 5. The monoisotopic (exact) mass is 462 g/mol. The van der Waals surface area contributed by atoms with Gasteiger partial charge in [-0.1, -0.05) is 23.4 Å². The van der Waals surface area contributed by atoms with Crippen LogP contribution < -0.4 is 31.7 Å². The van der Waals surface area contributed by atoms with E-state index in [-0.39, 0.29) is 17.9 Å². The topological polar surface area (TPSA) is 155 Å². The number of hydrogen-bond donors (Lipinski definition) is 3. The quantitative estimate of drug-likeness (QED) is 0.287. The summed E-state index contributed by atoms with van der Waals surface area (Å²) in [7, 11) is 0. The lowest BCUT2D eigenvalue weighted by molar-refractivity contribution is -0.121. The van der Waals surface area contributed by atoms with Gasteiger partial charge in [-0.3, -0.25) is 9.59 Å². The number of anilines is 2. The van der Waals surface area contributed by atoms with Gasteiger partial charge in [-0.05, 0) is 23.7 Å². The van der Waals surface area contributed by atoms with Gasteiger partial charge in [-0.2, -0.15) is 10.1 Å². The average molecular weight is 462 g/mol. The number of fused-ring (bicyclic) bond motifs is 2. The Morgan fingerprint density at radius 1 is 1.18 bits per heavy atom. The summed E-state index contributed by atoms with van der Waals surface area (Å²) in [6.07, 6.45) is 6.63. The maximum atomic E-state index is 12.2. The van der Waals surface area contributed by atoms with Gasteiger partial charge < -0.3 is 24.6 Å². The first-order chi connectivity index (χ1) is 16.7. The van der Waals surface area contributed by atoms with Gasteiger partial charge in [0.05, 0.1) is 16.8 Å². The number of carbonyl (C=O) groups excluding carboxylic acids is 1. The summed E-state index contributed by atoms with van der Waals surface area (Å²) in [5.41, 5.74) is 0.494. The molecule has 5 rings (SSSR count). The molecular formula is C22H22N8O4. The summed E-state index contributed by atoms with van der Waals surface area (Å²) in [5, 5.41) is 22.6. The normalized spacial score (nSPS) is 12.6. The van der Waals surface area contributed by atoms with Gasteiger partial charge >= 0.3 is 0 Å². The van der Waals surface area contributed by atoms with Gasteiger partial charge in [0, 0.05) is 44.1 Å². The summed E-state index contributed by atoms with van der Waals surface area (Å²) < 4.78 is 10.4. The number of aryl methyl sites for hydroxylation is 1. The first-order valence-electron chi connectivity index (χ1n) is 10.9. The van der Waals surface area contributed by atoms with Gasteiger partial charge in [0.15, 0.2) is 11.2 Å². The van der Waals surface area contributed by atoms with E-state index in [1.54, 1.807) is 12.3 Å². The molecule has 0 saturated carbocycles. The second-order valence-electron chi connectivity index (χ2n) is 7.70. The number of aromatic amines is 1. The van der Waals surface area contributed by atoms with Crippen LogP contribution in [0.2, 0.25) is 0 Å². The molecule has 1 aliphatic rings. The highest BCUT2D eigenvalue weighted by molar-refractivity contribution is 5.90. The predicted molar refractivity (Wildman–Crippen MR) is 123 cm³/mol. The molecule has 0 saturated heterocycles. The molecule has 1 aromatic carbocycles. The lowest BCUT2D eigenvalue weighted by Gasteiger charge is -2.13. The van der Waals surface area contributed by atoms with Gasteiger partial charge in [-0.25, -0.2) is 5.10 Å². The van der Waals surface area contributed by atoms with Crippen LogP contribution in [0.4, 0.5) is 11.8 Å². The summed E-state index contributed by atoms with van der Waals surface area (Å²) in [6.45, 7) is 1.63. The van der Waals surface area contributed by atoms with Gasteiger partial charge in [0.25, 0.3) is 11.5 Å². The van der Waals surface area contributed by atoms with Crippen LogP contribution in [0.15, 0.2) is 44.3 Å². The summed E-state index contributed by atoms with van der Waals surface area (Å²) in [6, 6.07) is 7.27. The van der Waals surface area contributed by atoms with Crippen LogP contribution in [0, 0.1) is 0 Å². The van der Waals surface area contributed by atoms with Crippen LogP contribution in [0.1, 0.15) is 18.7 Å². The maximum absolute atomic E-state index is 12.2. The SMILES string of the molecule is O=C(CCc1nc(N2C=c3cnoc3=CC2)no1)NCCCNc1n[nH]c(=O)c2ccccc12. The van der Waals surface area contributed by atoms with E-state index in [1.807, 2.05) is 35.4 Å². The molecule has 34 heavy (non-hydrogen) atoms. The lowest BCUT2D eigenvalue weighted by atomic mass is 10.2. The van der Waals surface area contributed by atoms with Crippen molar-refractivity contribution < 1.29 is 13.8 Å². The van der Waals surface area contributed by atoms with Gasteiger partial charge in [0.2, 0.25) is 11.8 Å². The molecule has 3 N–H and O–H groups in total. The highest BCUT2D eigenvalue weighted by Gasteiger charge is 2.15. The number of carbonyl (C=O) groups is 1. The molecule has 0 radical (unpaired) electrons. The van der Waals surface area contributed by atoms with Crippen LogP contribution in [-0.4, -0.2) is 51.0 Å². The first-order valence-corrected chi connectivity index (χ1v) is 10.9. The molecule has 0 fully saturated rings. The third kappa shape index (κ3) is 4.65. The molecule has 4 aromatic rings. The molecule has 0 bridgehead atoms. The first kappa shape index (κ1) is 21.4. The molecule has 174 valence electrons. The summed E-state index contributed by atoms with van der Waals surface area (Å²) >= 11 is 0. The van der Waals surface area contributed by atoms with Crippen LogP contribution in [-0.2, 0) is 11.2 Å². The Hall–Kier alpha value is -4.48. The van der Waals surface area contributed by atoms with E-state index in [9.17, 15) is 9.59 Å². The third-order valence-electron chi connectivity index (χ3n) is 5.34. The molecule has 0 unspecified atom stereocenters. The second kappa shape index (κ2) is 9.57. The van der Waals surface area contributed by atoms with Crippen molar-refractivity contribution in [3.05, 3.63) is 57.3 Å². The van der Waals surface area contributed by atoms with Crippen molar-refractivity contribution in [1.82, 2.24) is 30.8 Å². The average Bonchev–Trinajstić information content (AvgIpc) is 3.53. The summed E-state index contributed by atoms with van der Waals surface area (Å²) in [4.78, 5) is 30.2. The fraction of sp³-hybridized carbons (Fsp3) is 0.273. The Morgan fingerprint density at radius 3 is 2.97 bits per heavy atom. The van der Waals surface area contributed by atoms with Crippen LogP contribution >= 0.6 is 0 Å². The van der Waals surface area contributed by atoms with Crippen molar-refractivity contribution in [3.8, 4) is 0 Å². The minimum atomic E-state index is -0.224. The molecule has 0 aliphatic carbocycles. The largest absolute Gasteiger partial charge is 0.368 e. The molecule has 3 aromatic heterocycles. The smallest absolute Gasteiger partial charge is 0.272 e. The fourth-order valence-corrected chi connectivity index (χ4v) is 3.59. The zero-order valence-corrected chi connectivity index (χ0v) is 18.2. The van der Waals surface area contributed by atoms with E-state index in [1.165, 1.54) is 0 Å². The molecule has 4 heterocycles. The lowest BCUT2D eigenvalue weighted by Crippen LogP contribution is -2.33. The fourth-order valence-electron chi connectivity index (χ4n) is 3.59. The highest BCUT2D eigenvalue weighted by atomic mass is 16.5. The Balaban J connectivity index is 1.04. The van der Waals surface area contributed by atoms with E-state index in [2.05, 4.69) is 36.1 Å². The van der Waals surface area contributed by atoms with Crippen LogP contribution in [0.5, 0.6) is 0 Å². The van der Waals surface area contributed by atoms with E-state index in [0.29, 0.717) is 55.5 Å². The van der Waals surface area contributed by atoms with Crippen molar-refractivity contribution in [1.29, 1.82) is 0 Å². The Bertz CT molecular complexity index is 1490. The predicted octanol–water partition coefficient (Wildman–Crippen LogP) is -0.116. The third-order valence-corrected chi connectivity index (χ3v) is 5.34. The zero-order chi connectivity index (χ0) is 23.3. The van der Waals surface area contributed by atoms with Crippen molar-refractivity contribution in [3.63, 3.8) is 0 Å². The molecule has 12 nitrogen and oxygen atoms in total. The van der Waals surface area contributed by atoms with Crippen LogP contribution in [0.25, 0.3) is 23.0 Å². The maximum Gasteiger partial charge on any atom is 0.272 e. The molecule has 0 atom stereocenters. The number of nitrogens with one attached hydrogen (secondary N) is 3. The van der Waals surface area contributed by atoms with E-state index in [0.717, 1.165) is 16.0 Å². The number of benzene rings is 1. The molecule has 12 heteroatoms. The number of hydrogen-bond acceptors (Lipinski definition) is 10. The Kier molecular flexibility index (Phi) is 6.01. The van der Waals surface area contributed by atoms with E-state index < -0.39 is 0 Å². The minimum absolute atomic E-state index is 0.0978. The van der Waals surface area contributed by atoms with E-state index >= 15 is 0 Å². The Morgan fingerprint density at radius 2 is 2.06 bits per heavy atom.